The van der Waals surface area contributed by atoms with Crippen molar-refractivity contribution in [1.82, 2.24) is 0 Å². The first-order valence-corrected chi connectivity index (χ1v) is 6.61. The van der Waals surface area contributed by atoms with Crippen LogP contribution in [0, 0.1) is 5.92 Å². The Morgan fingerprint density at radius 1 is 1.39 bits per heavy atom. The molecule has 0 saturated carbocycles. The molecule has 2 N–H and O–H groups in total. The molecule has 0 fully saturated rings. The molecule has 18 heavy (non-hydrogen) atoms. The number of ether oxygens (including phenoxy) is 1. The minimum absolute atomic E-state index is 0.549. The maximum Gasteiger partial charge on any atom is 0.330 e. The fraction of sp³-hybridized carbons (Fsp3) is 0.600. The lowest BCUT2D eigenvalue weighted by Crippen LogP contribution is -2.37. The van der Waals surface area contributed by atoms with E-state index in [1.54, 1.807) is 0 Å². The van der Waals surface area contributed by atoms with Crippen molar-refractivity contribution in [2.45, 2.75) is 31.6 Å². The number of aliphatic carboxylic acids is 1. The number of hydrogen-bond acceptors (Lipinski definition) is 5. The van der Waals surface area contributed by atoms with E-state index in [1.807, 2.05) is 0 Å². The highest BCUT2D eigenvalue weighted by Crippen LogP contribution is 2.22. The molecule has 0 bridgehead atoms. The van der Waals surface area contributed by atoms with E-state index in [4.69, 9.17) is 14.4 Å². The third kappa shape index (κ3) is 5.28. The Kier molecular flexibility index (Phi) is 5.99. The molecule has 0 aliphatic heterocycles. The van der Waals surface area contributed by atoms with Gasteiger partial charge in [-0.05, 0) is 13.8 Å². The van der Waals surface area contributed by atoms with Gasteiger partial charge in [-0.15, -0.1) is 0 Å². The predicted molar refractivity (Wildman–Crippen MR) is 62.5 cm³/mol. The quantitative estimate of drug-likeness (QED) is 0.395. The normalized spacial score (nSPS) is 16.4. The fourth-order valence-corrected chi connectivity index (χ4v) is 2.21. The molecule has 8 heteroatoms. The summed E-state index contributed by atoms with van der Waals surface area (Å²) in [5.41, 5.74) is 0. The van der Waals surface area contributed by atoms with E-state index in [9.17, 15) is 18.0 Å². The molecule has 0 amide bonds. The SMILES string of the molecule is C=CC(=O)OC(C)C(CC(=O)O)C(C)S(=O)(=O)O. The van der Waals surface area contributed by atoms with Gasteiger partial charge in [-0.3, -0.25) is 9.35 Å². The standard InChI is InChI=1S/C10H16O7S/c1-4-10(13)17-6(2)8(5-9(11)12)7(3)18(14,15)16/h4,6-8H,1,5H2,2-3H3,(H,11,12)(H,14,15,16). The Morgan fingerprint density at radius 2 is 1.89 bits per heavy atom. The lowest BCUT2D eigenvalue weighted by Gasteiger charge is -2.25. The lowest BCUT2D eigenvalue weighted by molar-refractivity contribution is -0.148. The van der Waals surface area contributed by atoms with E-state index in [0.29, 0.717) is 0 Å². The summed E-state index contributed by atoms with van der Waals surface area (Å²) in [4.78, 5) is 21.6. The van der Waals surface area contributed by atoms with Crippen molar-refractivity contribution in [1.29, 1.82) is 0 Å². The van der Waals surface area contributed by atoms with Crippen LogP contribution < -0.4 is 0 Å². The van der Waals surface area contributed by atoms with Crippen molar-refractivity contribution in [3.05, 3.63) is 12.7 Å². The van der Waals surface area contributed by atoms with Crippen LogP contribution in [0.2, 0.25) is 0 Å². The van der Waals surface area contributed by atoms with E-state index < -0.39 is 45.7 Å². The maximum absolute atomic E-state index is 11.0. The van der Waals surface area contributed by atoms with Crippen LogP contribution in [0.5, 0.6) is 0 Å². The first-order chi connectivity index (χ1) is 8.09. The summed E-state index contributed by atoms with van der Waals surface area (Å²) in [6, 6.07) is 0. The average molecular weight is 280 g/mol. The molecule has 0 heterocycles. The van der Waals surface area contributed by atoms with Gasteiger partial charge in [-0.2, -0.15) is 8.42 Å². The molecule has 7 nitrogen and oxygen atoms in total. The Balaban J connectivity index is 5.04. The second kappa shape index (κ2) is 6.50. The highest BCUT2D eigenvalue weighted by atomic mass is 32.2. The van der Waals surface area contributed by atoms with Crippen LogP contribution in [0.4, 0.5) is 0 Å². The van der Waals surface area contributed by atoms with Gasteiger partial charge in [-0.25, -0.2) is 4.79 Å². The maximum atomic E-state index is 11.0. The largest absolute Gasteiger partial charge is 0.481 e. The molecule has 0 aliphatic rings. The van der Waals surface area contributed by atoms with Crippen LogP contribution in [0.3, 0.4) is 0 Å². The Bertz CT molecular complexity index is 426. The summed E-state index contributed by atoms with van der Waals surface area (Å²) in [7, 11) is -4.42. The van der Waals surface area contributed by atoms with Gasteiger partial charge >= 0.3 is 11.9 Å². The smallest absolute Gasteiger partial charge is 0.330 e. The molecule has 0 rings (SSSR count). The van der Waals surface area contributed by atoms with Gasteiger partial charge in [0.2, 0.25) is 0 Å². The number of carbonyl (C=O) groups excluding carboxylic acids is 1. The van der Waals surface area contributed by atoms with Gasteiger partial charge in [0.1, 0.15) is 6.10 Å². The van der Waals surface area contributed by atoms with Gasteiger partial charge in [0.05, 0.1) is 11.7 Å². The number of rotatable bonds is 7. The van der Waals surface area contributed by atoms with Gasteiger partial charge in [0.25, 0.3) is 10.1 Å². The van der Waals surface area contributed by atoms with Gasteiger partial charge < -0.3 is 9.84 Å². The molecule has 0 aromatic heterocycles. The number of carboxylic acids is 1. The second-order valence-corrected chi connectivity index (χ2v) is 5.60. The second-order valence-electron chi connectivity index (χ2n) is 3.83. The number of carbonyl (C=O) groups is 2. The fourth-order valence-electron chi connectivity index (χ4n) is 1.45. The molecule has 0 radical (unpaired) electrons. The van der Waals surface area contributed by atoms with Crippen molar-refractivity contribution >= 4 is 22.1 Å². The Hall–Kier alpha value is -1.41. The van der Waals surface area contributed by atoms with Gasteiger partial charge in [0.15, 0.2) is 0 Å². The molecule has 0 aromatic rings. The van der Waals surface area contributed by atoms with Crippen molar-refractivity contribution in [2.75, 3.05) is 0 Å². The molecular formula is C10H16O7S. The zero-order valence-corrected chi connectivity index (χ0v) is 10.9. The van der Waals surface area contributed by atoms with Gasteiger partial charge in [-0.1, -0.05) is 6.58 Å². The highest BCUT2D eigenvalue weighted by molar-refractivity contribution is 7.86. The molecule has 0 saturated heterocycles. The predicted octanol–water partition coefficient (Wildman–Crippen LogP) is 0.471. The molecule has 0 spiro atoms. The lowest BCUT2D eigenvalue weighted by atomic mass is 9.96. The van der Waals surface area contributed by atoms with Gasteiger partial charge in [0, 0.05) is 12.0 Å². The average Bonchev–Trinajstić information content (AvgIpc) is 2.22. The van der Waals surface area contributed by atoms with Crippen LogP contribution in [-0.4, -0.2) is 41.4 Å². The highest BCUT2D eigenvalue weighted by Gasteiger charge is 2.35. The number of esters is 1. The Morgan fingerprint density at radius 3 is 2.22 bits per heavy atom. The molecular weight excluding hydrogens is 264 g/mol. The summed E-state index contributed by atoms with van der Waals surface area (Å²) in [5, 5.41) is 7.34. The third-order valence-electron chi connectivity index (χ3n) is 2.55. The molecule has 3 atom stereocenters. The van der Waals surface area contributed by atoms with Crippen molar-refractivity contribution in [2.24, 2.45) is 5.92 Å². The van der Waals surface area contributed by atoms with Crippen LogP contribution in [0.1, 0.15) is 20.3 Å². The topological polar surface area (TPSA) is 118 Å². The minimum Gasteiger partial charge on any atom is -0.481 e. The summed E-state index contributed by atoms with van der Waals surface area (Å²) >= 11 is 0. The zero-order chi connectivity index (χ0) is 14.5. The van der Waals surface area contributed by atoms with Crippen LogP contribution in [0.25, 0.3) is 0 Å². The summed E-state index contributed by atoms with van der Waals surface area (Å²) in [6.07, 6.45) is -0.651. The number of hydrogen-bond donors (Lipinski definition) is 2. The van der Waals surface area contributed by atoms with E-state index in [2.05, 4.69) is 6.58 Å². The van der Waals surface area contributed by atoms with Crippen LogP contribution in [-0.2, 0) is 24.4 Å². The number of carboxylic acid groups (broad SMARTS) is 1. The minimum atomic E-state index is -4.42. The van der Waals surface area contributed by atoms with E-state index in [-0.39, 0.29) is 0 Å². The van der Waals surface area contributed by atoms with Crippen molar-refractivity contribution in [3.8, 4) is 0 Å². The van der Waals surface area contributed by atoms with Crippen molar-refractivity contribution in [3.63, 3.8) is 0 Å². The molecule has 104 valence electrons. The summed E-state index contributed by atoms with van der Waals surface area (Å²) in [6.45, 7) is 5.68. The van der Waals surface area contributed by atoms with Crippen molar-refractivity contribution < 1.29 is 32.4 Å². The molecule has 0 aliphatic carbocycles. The van der Waals surface area contributed by atoms with E-state index in [1.165, 1.54) is 6.92 Å². The van der Waals surface area contributed by atoms with Crippen LogP contribution >= 0.6 is 0 Å². The van der Waals surface area contributed by atoms with Crippen LogP contribution in [0.15, 0.2) is 12.7 Å². The Labute approximate surface area is 105 Å². The monoisotopic (exact) mass is 280 g/mol. The third-order valence-corrected chi connectivity index (χ3v) is 3.84. The summed E-state index contributed by atoms with van der Waals surface area (Å²) in [5.74, 6) is -3.10. The van der Waals surface area contributed by atoms with E-state index >= 15 is 0 Å². The molecule has 3 unspecified atom stereocenters. The zero-order valence-electron chi connectivity index (χ0n) is 10.1. The first kappa shape index (κ1) is 16.6. The first-order valence-electron chi connectivity index (χ1n) is 5.10. The molecule has 0 aromatic carbocycles. The van der Waals surface area contributed by atoms with E-state index in [0.717, 1.165) is 13.0 Å². The summed E-state index contributed by atoms with van der Waals surface area (Å²) < 4.78 is 35.7.